The van der Waals surface area contributed by atoms with E-state index in [9.17, 15) is 4.79 Å². The number of benzene rings is 1. The minimum Gasteiger partial charge on any atom is -0.338 e. The van der Waals surface area contributed by atoms with Crippen molar-refractivity contribution in [1.82, 2.24) is 15.5 Å². The maximum absolute atomic E-state index is 11.5. The average Bonchev–Trinajstić information content (AvgIpc) is 2.35. The lowest BCUT2D eigenvalue weighted by atomic mass is 10.1. The number of hydrogen-bond acceptors (Lipinski definition) is 2. The van der Waals surface area contributed by atoms with Crippen LogP contribution in [0, 0.1) is 5.92 Å². The summed E-state index contributed by atoms with van der Waals surface area (Å²) < 4.78 is 0. The topological polar surface area (TPSA) is 44.4 Å². The maximum atomic E-state index is 11.5. The third-order valence-electron chi connectivity index (χ3n) is 2.65. The van der Waals surface area contributed by atoms with Gasteiger partial charge in [0.15, 0.2) is 0 Å². The monoisotopic (exact) mass is 263 g/mol. The van der Waals surface area contributed by atoms with Crippen molar-refractivity contribution in [3.8, 4) is 0 Å². The van der Waals surface area contributed by atoms with E-state index < -0.39 is 0 Å². The van der Waals surface area contributed by atoms with E-state index in [0.29, 0.717) is 19.0 Å². The highest BCUT2D eigenvalue weighted by molar-refractivity contribution is 5.73. The third-order valence-corrected chi connectivity index (χ3v) is 2.65. The lowest BCUT2D eigenvalue weighted by Gasteiger charge is -2.11. The molecule has 0 unspecified atom stereocenters. The summed E-state index contributed by atoms with van der Waals surface area (Å²) in [7, 11) is 4.10. The van der Waals surface area contributed by atoms with Gasteiger partial charge in [-0.15, -0.1) is 0 Å². The Morgan fingerprint density at radius 2 is 1.68 bits per heavy atom. The van der Waals surface area contributed by atoms with E-state index in [4.69, 9.17) is 0 Å². The third kappa shape index (κ3) is 6.82. The van der Waals surface area contributed by atoms with Crippen LogP contribution in [0.1, 0.15) is 25.0 Å². The van der Waals surface area contributed by atoms with Crippen LogP contribution in [0.3, 0.4) is 0 Å². The molecule has 1 rings (SSSR count). The lowest BCUT2D eigenvalue weighted by Crippen LogP contribution is -2.36. The van der Waals surface area contributed by atoms with Crippen molar-refractivity contribution in [2.24, 2.45) is 5.92 Å². The largest absolute Gasteiger partial charge is 0.338 e. The van der Waals surface area contributed by atoms with E-state index >= 15 is 0 Å². The number of nitrogens with one attached hydrogen (secondary N) is 2. The molecule has 2 N–H and O–H groups in total. The van der Waals surface area contributed by atoms with Gasteiger partial charge >= 0.3 is 6.03 Å². The molecule has 4 heteroatoms. The summed E-state index contributed by atoms with van der Waals surface area (Å²) in [5, 5.41) is 5.69. The first-order valence-corrected chi connectivity index (χ1v) is 6.71. The molecule has 2 amide bonds. The fourth-order valence-corrected chi connectivity index (χ4v) is 1.67. The molecule has 0 saturated heterocycles. The van der Waals surface area contributed by atoms with Gasteiger partial charge in [0.2, 0.25) is 0 Å². The van der Waals surface area contributed by atoms with E-state index in [0.717, 1.165) is 12.1 Å². The van der Waals surface area contributed by atoms with Gasteiger partial charge in [0.1, 0.15) is 0 Å². The van der Waals surface area contributed by atoms with Crippen molar-refractivity contribution in [2.75, 3.05) is 20.6 Å². The van der Waals surface area contributed by atoms with Gasteiger partial charge in [-0.1, -0.05) is 38.1 Å². The highest BCUT2D eigenvalue weighted by Crippen LogP contribution is 2.05. The zero-order chi connectivity index (χ0) is 14.3. The molecule has 0 aromatic heterocycles. The summed E-state index contributed by atoms with van der Waals surface area (Å²) >= 11 is 0. The highest BCUT2D eigenvalue weighted by atomic mass is 16.2. The Balaban J connectivity index is 2.35. The van der Waals surface area contributed by atoms with Crippen LogP contribution in [0.2, 0.25) is 0 Å². The number of carbonyl (C=O) groups is 1. The zero-order valence-electron chi connectivity index (χ0n) is 12.4. The van der Waals surface area contributed by atoms with Gasteiger partial charge in [-0.25, -0.2) is 4.79 Å². The summed E-state index contributed by atoms with van der Waals surface area (Å²) in [5.41, 5.74) is 2.39. The quantitative estimate of drug-likeness (QED) is 0.826. The van der Waals surface area contributed by atoms with Gasteiger partial charge in [0, 0.05) is 19.6 Å². The molecule has 4 nitrogen and oxygen atoms in total. The molecule has 19 heavy (non-hydrogen) atoms. The fraction of sp³-hybridized carbons (Fsp3) is 0.533. The number of urea groups is 1. The van der Waals surface area contributed by atoms with E-state index in [1.165, 1.54) is 5.56 Å². The second-order valence-corrected chi connectivity index (χ2v) is 5.51. The van der Waals surface area contributed by atoms with Crippen LogP contribution >= 0.6 is 0 Å². The lowest BCUT2D eigenvalue weighted by molar-refractivity contribution is 0.239. The molecule has 0 spiro atoms. The highest BCUT2D eigenvalue weighted by Gasteiger charge is 2.02. The molecular formula is C15H25N3O. The number of carbonyl (C=O) groups excluding carboxylic acids is 1. The van der Waals surface area contributed by atoms with Crippen LogP contribution in [0.25, 0.3) is 0 Å². The molecule has 0 aliphatic rings. The van der Waals surface area contributed by atoms with Crippen LogP contribution in [-0.4, -0.2) is 31.6 Å². The van der Waals surface area contributed by atoms with Crippen molar-refractivity contribution in [3.63, 3.8) is 0 Å². The fourth-order valence-electron chi connectivity index (χ4n) is 1.67. The molecule has 0 fully saturated rings. The molecule has 0 saturated carbocycles. The second kappa shape index (κ2) is 7.79. The van der Waals surface area contributed by atoms with E-state index in [-0.39, 0.29) is 6.03 Å². The Hall–Kier alpha value is -1.55. The normalized spacial score (nSPS) is 10.8. The molecule has 106 valence electrons. The van der Waals surface area contributed by atoms with Gasteiger partial charge in [-0.05, 0) is 31.1 Å². The van der Waals surface area contributed by atoms with Gasteiger partial charge in [-0.2, -0.15) is 0 Å². The van der Waals surface area contributed by atoms with Crippen molar-refractivity contribution in [1.29, 1.82) is 0 Å². The summed E-state index contributed by atoms with van der Waals surface area (Å²) in [5.74, 6) is 0.469. The molecule has 0 aliphatic heterocycles. The predicted octanol–water partition coefficient (Wildman–Crippen LogP) is 2.20. The van der Waals surface area contributed by atoms with Crippen LogP contribution in [0.4, 0.5) is 4.79 Å². The molecule has 0 radical (unpaired) electrons. The van der Waals surface area contributed by atoms with Crippen LogP contribution < -0.4 is 10.6 Å². The summed E-state index contributed by atoms with van der Waals surface area (Å²) in [4.78, 5) is 13.6. The Morgan fingerprint density at radius 1 is 1.11 bits per heavy atom. The molecule has 0 atom stereocenters. The van der Waals surface area contributed by atoms with Gasteiger partial charge in [0.25, 0.3) is 0 Å². The molecular weight excluding hydrogens is 238 g/mol. The smallest absolute Gasteiger partial charge is 0.315 e. The zero-order valence-corrected chi connectivity index (χ0v) is 12.4. The van der Waals surface area contributed by atoms with Crippen LogP contribution in [0.15, 0.2) is 24.3 Å². The van der Waals surface area contributed by atoms with Crippen LogP contribution in [0.5, 0.6) is 0 Å². The number of rotatable bonds is 6. The summed E-state index contributed by atoms with van der Waals surface area (Å²) in [6.45, 7) is 6.34. The first-order valence-electron chi connectivity index (χ1n) is 6.71. The molecule has 1 aromatic rings. The van der Waals surface area contributed by atoms with Crippen molar-refractivity contribution in [2.45, 2.75) is 26.9 Å². The van der Waals surface area contributed by atoms with Gasteiger partial charge in [-0.3, -0.25) is 0 Å². The Labute approximate surface area is 116 Å². The van der Waals surface area contributed by atoms with Gasteiger partial charge in [0.05, 0.1) is 0 Å². The number of amides is 2. The van der Waals surface area contributed by atoms with Crippen molar-refractivity contribution < 1.29 is 4.79 Å². The van der Waals surface area contributed by atoms with Crippen molar-refractivity contribution in [3.05, 3.63) is 35.4 Å². The number of nitrogens with zero attached hydrogens (tertiary/aromatic N) is 1. The Kier molecular flexibility index (Phi) is 6.36. The predicted molar refractivity (Wildman–Crippen MR) is 78.9 cm³/mol. The molecule has 1 aromatic carbocycles. The second-order valence-electron chi connectivity index (χ2n) is 5.51. The van der Waals surface area contributed by atoms with Crippen LogP contribution in [-0.2, 0) is 13.1 Å². The summed E-state index contributed by atoms with van der Waals surface area (Å²) in [6.07, 6.45) is 0. The summed E-state index contributed by atoms with van der Waals surface area (Å²) in [6, 6.07) is 8.21. The standard InChI is InChI=1S/C15H25N3O/c1-12(2)9-16-15(19)17-10-13-5-7-14(8-6-13)11-18(3)4/h5-8,12H,9-11H2,1-4H3,(H2,16,17,19). The van der Waals surface area contributed by atoms with E-state index in [1.54, 1.807) is 0 Å². The van der Waals surface area contributed by atoms with Crippen molar-refractivity contribution >= 4 is 6.03 Å². The average molecular weight is 263 g/mol. The minimum atomic E-state index is -0.105. The Morgan fingerprint density at radius 3 is 2.21 bits per heavy atom. The van der Waals surface area contributed by atoms with Gasteiger partial charge < -0.3 is 15.5 Å². The first kappa shape index (κ1) is 15.5. The van der Waals surface area contributed by atoms with E-state index in [1.807, 2.05) is 0 Å². The molecule has 0 aliphatic carbocycles. The number of hydrogen-bond donors (Lipinski definition) is 2. The maximum Gasteiger partial charge on any atom is 0.315 e. The molecule has 0 heterocycles. The SMILES string of the molecule is CC(C)CNC(=O)NCc1ccc(CN(C)C)cc1. The minimum absolute atomic E-state index is 0.105. The van der Waals surface area contributed by atoms with E-state index in [2.05, 4.69) is 67.7 Å². The molecule has 0 bridgehead atoms. The first-order chi connectivity index (χ1) is 8.97. The Bertz CT molecular complexity index is 385.